The highest BCUT2D eigenvalue weighted by atomic mass is 16.7. The summed E-state index contributed by atoms with van der Waals surface area (Å²) in [5, 5.41) is 5.62. The zero-order chi connectivity index (χ0) is 17.1. The van der Waals surface area contributed by atoms with Crippen LogP contribution < -0.4 is 20.1 Å². The molecule has 1 aliphatic carbocycles. The van der Waals surface area contributed by atoms with Gasteiger partial charge in [-0.15, -0.1) is 0 Å². The van der Waals surface area contributed by atoms with E-state index < -0.39 is 5.79 Å². The molecule has 1 saturated heterocycles. The van der Waals surface area contributed by atoms with Crippen molar-refractivity contribution in [2.45, 2.75) is 44.0 Å². The summed E-state index contributed by atoms with van der Waals surface area (Å²) in [6, 6.07) is 5.22. The van der Waals surface area contributed by atoms with E-state index in [-0.39, 0.29) is 12.1 Å². The van der Waals surface area contributed by atoms with Crippen LogP contribution in [0, 0.1) is 0 Å². The molecule has 2 amide bonds. The molecule has 1 atom stereocenters. The summed E-state index contributed by atoms with van der Waals surface area (Å²) in [5.41, 5.74) is 0.675. The van der Waals surface area contributed by atoms with Crippen molar-refractivity contribution >= 4 is 11.7 Å². The minimum absolute atomic E-state index is 0.0950. The average molecular weight is 348 g/mol. The fraction of sp³-hybridized carbons (Fsp3) is 0.611. The average Bonchev–Trinajstić information content (AvgIpc) is 2.98. The maximum absolute atomic E-state index is 12.1. The lowest BCUT2D eigenvalue weighted by atomic mass is 9.94. The van der Waals surface area contributed by atoms with Crippen molar-refractivity contribution in [3.63, 3.8) is 0 Å². The molecule has 0 aromatic heterocycles. The van der Waals surface area contributed by atoms with Crippen LogP contribution in [-0.4, -0.2) is 44.3 Å². The number of nitrogens with one attached hydrogen (secondary N) is 2. The van der Waals surface area contributed by atoms with E-state index in [0.717, 1.165) is 31.4 Å². The Hall–Kier alpha value is -1.99. The van der Waals surface area contributed by atoms with Gasteiger partial charge in [-0.3, -0.25) is 0 Å². The minimum Gasteiger partial charge on any atom is -0.448 e. The molecule has 2 heterocycles. The number of anilines is 1. The van der Waals surface area contributed by atoms with Crippen LogP contribution in [0.2, 0.25) is 0 Å². The van der Waals surface area contributed by atoms with Crippen LogP contribution in [0.3, 0.4) is 0 Å². The molecule has 3 aliphatic rings. The molecule has 2 fully saturated rings. The second-order valence-corrected chi connectivity index (χ2v) is 6.74. The molecular weight excluding hydrogens is 324 g/mol. The summed E-state index contributed by atoms with van der Waals surface area (Å²) in [5.74, 6) is 0.948. The number of benzene rings is 1. The Labute approximate surface area is 147 Å². The summed E-state index contributed by atoms with van der Waals surface area (Å²) in [6.07, 6.45) is 5.20. The van der Waals surface area contributed by atoms with E-state index in [1.807, 2.05) is 18.2 Å². The first-order chi connectivity index (χ1) is 12.2. The first-order valence-electron chi connectivity index (χ1n) is 8.99. The Morgan fingerprint density at radius 1 is 1.12 bits per heavy atom. The molecule has 136 valence electrons. The third-order valence-corrected chi connectivity index (χ3v) is 4.78. The lowest BCUT2D eigenvalue weighted by Crippen LogP contribution is -2.41. The molecule has 0 bridgehead atoms. The standard InChI is InChI=1S/C18H24N2O5/c21-17(19-11-14-12-22-8-9-23-14)20-13-4-5-15-16(10-13)25-18(24-15)6-2-1-3-7-18/h4-5,10,14H,1-3,6-9,11-12H2,(H2,19,20,21)/t14-/m1/s1. The predicted octanol–water partition coefficient (Wildman–Crippen LogP) is 2.66. The zero-order valence-corrected chi connectivity index (χ0v) is 14.2. The topological polar surface area (TPSA) is 78.1 Å². The van der Waals surface area contributed by atoms with Gasteiger partial charge in [0.2, 0.25) is 0 Å². The summed E-state index contributed by atoms with van der Waals surface area (Å²) in [6.45, 7) is 2.10. The monoisotopic (exact) mass is 348 g/mol. The number of hydrogen-bond acceptors (Lipinski definition) is 5. The van der Waals surface area contributed by atoms with Gasteiger partial charge in [-0.2, -0.15) is 0 Å². The molecule has 1 saturated carbocycles. The van der Waals surface area contributed by atoms with E-state index in [9.17, 15) is 4.79 Å². The highest BCUT2D eigenvalue weighted by molar-refractivity contribution is 5.89. The van der Waals surface area contributed by atoms with Crippen LogP contribution in [-0.2, 0) is 9.47 Å². The number of carbonyl (C=O) groups excluding carboxylic acids is 1. The predicted molar refractivity (Wildman–Crippen MR) is 91.1 cm³/mol. The van der Waals surface area contributed by atoms with E-state index in [2.05, 4.69) is 10.6 Å². The van der Waals surface area contributed by atoms with E-state index in [0.29, 0.717) is 37.8 Å². The van der Waals surface area contributed by atoms with Gasteiger partial charge in [0.1, 0.15) is 0 Å². The van der Waals surface area contributed by atoms with Gasteiger partial charge in [-0.1, -0.05) is 6.42 Å². The highest BCUT2D eigenvalue weighted by Crippen LogP contribution is 2.46. The van der Waals surface area contributed by atoms with E-state index >= 15 is 0 Å². The zero-order valence-electron chi connectivity index (χ0n) is 14.2. The second kappa shape index (κ2) is 7.09. The number of hydrogen-bond donors (Lipinski definition) is 2. The van der Waals surface area contributed by atoms with Crippen molar-refractivity contribution in [1.82, 2.24) is 5.32 Å². The maximum atomic E-state index is 12.1. The first-order valence-corrected chi connectivity index (χ1v) is 8.99. The van der Waals surface area contributed by atoms with E-state index in [1.165, 1.54) is 6.42 Å². The Morgan fingerprint density at radius 2 is 1.96 bits per heavy atom. The van der Waals surface area contributed by atoms with Gasteiger partial charge >= 0.3 is 6.03 Å². The van der Waals surface area contributed by atoms with Gasteiger partial charge in [-0.25, -0.2) is 4.79 Å². The molecule has 2 aliphatic heterocycles. The van der Waals surface area contributed by atoms with Gasteiger partial charge in [0.15, 0.2) is 11.5 Å². The van der Waals surface area contributed by atoms with Gasteiger partial charge in [-0.05, 0) is 25.0 Å². The molecule has 25 heavy (non-hydrogen) atoms. The second-order valence-electron chi connectivity index (χ2n) is 6.74. The Kier molecular flexibility index (Phi) is 4.67. The van der Waals surface area contributed by atoms with E-state index in [4.69, 9.17) is 18.9 Å². The number of amides is 2. The number of fused-ring (bicyclic) bond motifs is 1. The van der Waals surface area contributed by atoms with Crippen molar-refractivity contribution in [3.05, 3.63) is 18.2 Å². The van der Waals surface area contributed by atoms with Gasteiger partial charge in [0.25, 0.3) is 5.79 Å². The minimum atomic E-state index is -0.500. The number of carbonyl (C=O) groups is 1. The van der Waals surface area contributed by atoms with Crippen LogP contribution >= 0.6 is 0 Å². The van der Waals surface area contributed by atoms with Gasteiger partial charge in [0, 0.05) is 31.1 Å². The van der Waals surface area contributed by atoms with Crippen LogP contribution in [0.25, 0.3) is 0 Å². The van der Waals surface area contributed by atoms with Crippen molar-refractivity contribution in [3.8, 4) is 11.5 Å². The lowest BCUT2D eigenvalue weighted by Gasteiger charge is -2.31. The molecule has 0 unspecified atom stereocenters. The third-order valence-electron chi connectivity index (χ3n) is 4.78. The van der Waals surface area contributed by atoms with Crippen LogP contribution in [0.15, 0.2) is 18.2 Å². The maximum Gasteiger partial charge on any atom is 0.319 e. The molecule has 4 rings (SSSR count). The number of rotatable bonds is 3. The highest BCUT2D eigenvalue weighted by Gasteiger charge is 2.42. The largest absolute Gasteiger partial charge is 0.448 e. The van der Waals surface area contributed by atoms with Crippen molar-refractivity contribution in [2.75, 3.05) is 31.7 Å². The quantitative estimate of drug-likeness (QED) is 0.878. The van der Waals surface area contributed by atoms with Gasteiger partial charge < -0.3 is 29.6 Å². The molecule has 2 N–H and O–H groups in total. The molecule has 1 spiro atoms. The fourth-order valence-corrected chi connectivity index (χ4v) is 3.50. The SMILES string of the molecule is O=C(NC[C@@H]1COCCO1)Nc1ccc2c(c1)OC1(CCCCC1)O2. The summed E-state index contributed by atoms with van der Waals surface area (Å²) >= 11 is 0. The molecule has 1 aromatic carbocycles. The number of ether oxygens (including phenoxy) is 4. The summed E-state index contributed by atoms with van der Waals surface area (Å²) in [4.78, 5) is 12.1. The van der Waals surface area contributed by atoms with Crippen LogP contribution in [0.5, 0.6) is 11.5 Å². The Balaban J connectivity index is 1.32. The van der Waals surface area contributed by atoms with Crippen molar-refractivity contribution in [1.29, 1.82) is 0 Å². The van der Waals surface area contributed by atoms with E-state index in [1.54, 1.807) is 0 Å². The summed E-state index contributed by atoms with van der Waals surface area (Å²) in [7, 11) is 0. The van der Waals surface area contributed by atoms with Crippen LogP contribution in [0.1, 0.15) is 32.1 Å². The molecule has 1 aromatic rings. The van der Waals surface area contributed by atoms with Crippen LogP contribution in [0.4, 0.5) is 10.5 Å². The molecule has 7 nitrogen and oxygen atoms in total. The molecule has 0 radical (unpaired) electrons. The summed E-state index contributed by atoms with van der Waals surface area (Å²) < 4.78 is 22.9. The van der Waals surface area contributed by atoms with Crippen molar-refractivity contribution < 1.29 is 23.7 Å². The Bertz CT molecular complexity index is 624. The Morgan fingerprint density at radius 3 is 2.76 bits per heavy atom. The third kappa shape index (κ3) is 3.82. The molecule has 7 heteroatoms. The smallest absolute Gasteiger partial charge is 0.319 e. The molecular formula is C18H24N2O5. The van der Waals surface area contributed by atoms with Gasteiger partial charge in [0.05, 0.1) is 25.9 Å². The first kappa shape index (κ1) is 16.5. The van der Waals surface area contributed by atoms with Crippen molar-refractivity contribution in [2.24, 2.45) is 0 Å². The fourth-order valence-electron chi connectivity index (χ4n) is 3.50. The lowest BCUT2D eigenvalue weighted by molar-refractivity contribution is -0.105. The number of urea groups is 1. The normalized spacial score (nSPS) is 24.1.